The van der Waals surface area contributed by atoms with Gasteiger partial charge in [0.25, 0.3) is 0 Å². The first kappa shape index (κ1) is 17.5. The Labute approximate surface area is 140 Å². The third kappa shape index (κ3) is 4.78. The van der Waals surface area contributed by atoms with Gasteiger partial charge in [-0.05, 0) is 48.7 Å². The fourth-order valence-corrected chi connectivity index (χ4v) is 3.47. The van der Waals surface area contributed by atoms with Crippen molar-refractivity contribution < 1.29 is 13.2 Å². The highest BCUT2D eigenvalue weighted by molar-refractivity contribution is 7.89. The summed E-state index contributed by atoms with van der Waals surface area (Å²) in [5, 5.41) is 7.53. The highest BCUT2D eigenvalue weighted by Gasteiger charge is 2.10. The lowest BCUT2D eigenvalue weighted by atomic mass is 10.2. The molecule has 2 amide bonds. The zero-order valence-corrected chi connectivity index (χ0v) is 14.6. The zero-order valence-electron chi connectivity index (χ0n) is 12.9. The molecule has 6 nitrogen and oxygen atoms in total. The van der Waals surface area contributed by atoms with Crippen LogP contribution in [0, 0.1) is 6.92 Å². The maximum Gasteiger partial charge on any atom is 0.315 e. The maximum absolute atomic E-state index is 11.8. The number of benzene rings is 1. The van der Waals surface area contributed by atoms with Crippen LogP contribution in [0.4, 0.5) is 4.79 Å². The van der Waals surface area contributed by atoms with Gasteiger partial charge < -0.3 is 10.6 Å². The number of sulfonamides is 1. The van der Waals surface area contributed by atoms with E-state index in [2.05, 4.69) is 15.4 Å². The van der Waals surface area contributed by atoms with Crippen molar-refractivity contribution in [3.63, 3.8) is 0 Å². The number of thiophene rings is 1. The van der Waals surface area contributed by atoms with Crippen LogP contribution in [0.15, 0.2) is 40.6 Å². The summed E-state index contributed by atoms with van der Waals surface area (Å²) in [6.45, 7) is 2.83. The van der Waals surface area contributed by atoms with E-state index in [1.165, 1.54) is 19.2 Å². The van der Waals surface area contributed by atoms with Gasteiger partial charge in [0.2, 0.25) is 10.0 Å². The van der Waals surface area contributed by atoms with E-state index in [0.717, 1.165) is 16.0 Å². The minimum atomic E-state index is -3.43. The van der Waals surface area contributed by atoms with Crippen LogP contribution < -0.4 is 15.4 Å². The Hall–Kier alpha value is -1.90. The van der Waals surface area contributed by atoms with Crippen LogP contribution >= 0.6 is 11.3 Å². The Morgan fingerprint density at radius 1 is 1.09 bits per heavy atom. The van der Waals surface area contributed by atoms with Crippen LogP contribution in [0.1, 0.15) is 16.0 Å². The molecule has 0 aliphatic heterocycles. The lowest BCUT2D eigenvalue weighted by Crippen LogP contribution is -2.34. The minimum absolute atomic E-state index is 0.196. The molecular weight excluding hydrogens is 334 g/mol. The Morgan fingerprint density at radius 3 is 2.30 bits per heavy atom. The van der Waals surface area contributed by atoms with Gasteiger partial charge >= 0.3 is 6.03 Å². The Kier molecular flexibility index (Phi) is 5.75. The molecule has 124 valence electrons. The average molecular weight is 353 g/mol. The van der Waals surface area contributed by atoms with Crippen molar-refractivity contribution in [2.45, 2.75) is 24.9 Å². The van der Waals surface area contributed by atoms with Crippen molar-refractivity contribution in [3.8, 4) is 0 Å². The van der Waals surface area contributed by atoms with Crippen molar-refractivity contribution in [1.82, 2.24) is 15.4 Å². The molecule has 1 aromatic carbocycles. The Balaban J connectivity index is 1.83. The second-order valence-corrected chi connectivity index (χ2v) is 7.80. The van der Waals surface area contributed by atoms with Crippen molar-refractivity contribution >= 4 is 27.4 Å². The van der Waals surface area contributed by atoms with Crippen molar-refractivity contribution in [1.29, 1.82) is 0 Å². The molecule has 0 aliphatic rings. The lowest BCUT2D eigenvalue weighted by molar-refractivity contribution is 0.240. The van der Waals surface area contributed by atoms with Crippen LogP contribution in [0.2, 0.25) is 0 Å². The molecule has 1 aromatic heterocycles. The second-order valence-electron chi connectivity index (χ2n) is 4.91. The smallest absolute Gasteiger partial charge is 0.315 e. The zero-order chi connectivity index (χ0) is 16.9. The summed E-state index contributed by atoms with van der Waals surface area (Å²) in [4.78, 5) is 13.1. The summed E-state index contributed by atoms with van der Waals surface area (Å²) in [6, 6.07) is 8.12. The molecule has 0 radical (unpaired) electrons. The highest BCUT2D eigenvalue weighted by Crippen LogP contribution is 2.14. The molecule has 0 aliphatic carbocycles. The molecule has 0 unspecified atom stereocenters. The molecule has 0 bridgehead atoms. The van der Waals surface area contributed by atoms with Gasteiger partial charge in [-0.25, -0.2) is 17.9 Å². The van der Waals surface area contributed by atoms with Crippen LogP contribution in [0.5, 0.6) is 0 Å². The molecule has 0 spiro atoms. The maximum atomic E-state index is 11.8. The monoisotopic (exact) mass is 353 g/mol. The summed E-state index contributed by atoms with van der Waals surface area (Å²) >= 11 is 1.61. The van der Waals surface area contributed by atoms with Crippen molar-refractivity contribution in [2.75, 3.05) is 7.05 Å². The molecule has 0 saturated heterocycles. The number of urea groups is 1. The topological polar surface area (TPSA) is 87.3 Å². The summed E-state index contributed by atoms with van der Waals surface area (Å²) in [6.07, 6.45) is 0. The molecule has 23 heavy (non-hydrogen) atoms. The quantitative estimate of drug-likeness (QED) is 0.742. The number of carbonyl (C=O) groups is 1. The SMILES string of the molecule is CNS(=O)(=O)c1ccc(CNC(=O)NCc2sccc2C)cc1. The van der Waals surface area contributed by atoms with Crippen molar-refractivity contribution in [3.05, 3.63) is 51.7 Å². The number of aryl methyl sites for hydroxylation is 1. The van der Waals surface area contributed by atoms with Gasteiger partial charge in [-0.2, -0.15) is 0 Å². The first-order chi connectivity index (χ1) is 10.9. The van der Waals surface area contributed by atoms with E-state index in [0.29, 0.717) is 13.1 Å². The number of amides is 2. The molecule has 2 rings (SSSR count). The molecule has 2 aromatic rings. The van der Waals surface area contributed by atoms with Gasteiger partial charge in [0.05, 0.1) is 11.4 Å². The van der Waals surface area contributed by atoms with Crippen LogP contribution in [0.25, 0.3) is 0 Å². The van der Waals surface area contributed by atoms with E-state index in [1.54, 1.807) is 23.5 Å². The van der Waals surface area contributed by atoms with Gasteiger partial charge in [0.1, 0.15) is 0 Å². The van der Waals surface area contributed by atoms with E-state index < -0.39 is 10.0 Å². The number of hydrogen-bond donors (Lipinski definition) is 3. The molecule has 0 saturated carbocycles. The molecule has 1 heterocycles. The Bertz CT molecular complexity index is 768. The van der Waals surface area contributed by atoms with Crippen LogP contribution in [-0.2, 0) is 23.1 Å². The van der Waals surface area contributed by atoms with E-state index in [9.17, 15) is 13.2 Å². The third-order valence-electron chi connectivity index (χ3n) is 3.33. The standard InChI is InChI=1S/C15H19N3O3S2/c1-11-7-8-22-14(11)10-18-15(19)17-9-12-3-5-13(6-4-12)23(20,21)16-2/h3-8,16H,9-10H2,1-2H3,(H2,17,18,19). The summed E-state index contributed by atoms with van der Waals surface area (Å²) in [7, 11) is -2.07. The van der Waals surface area contributed by atoms with Gasteiger partial charge in [0, 0.05) is 11.4 Å². The average Bonchev–Trinajstić information content (AvgIpc) is 2.96. The van der Waals surface area contributed by atoms with Gasteiger partial charge in [-0.15, -0.1) is 11.3 Å². The fourth-order valence-electron chi connectivity index (χ4n) is 1.89. The minimum Gasteiger partial charge on any atom is -0.334 e. The number of hydrogen-bond acceptors (Lipinski definition) is 4. The first-order valence-corrected chi connectivity index (χ1v) is 9.36. The van der Waals surface area contributed by atoms with Gasteiger partial charge in [0.15, 0.2) is 0 Å². The molecule has 8 heteroatoms. The molecule has 0 atom stereocenters. The number of nitrogens with one attached hydrogen (secondary N) is 3. The largest absolute Gasteiger partial charge is 0.334 e. The number of rotatable bonds is 6. The van der Waals surface area contributed by atoms with E-state index in [-0.39, 0.29) is 10.9 Å². The van der Waals surface area contributed by atoms with E-state index in [4.69, 9.17) is 0 Å². The molecular formula is C15H19N3O3S2. The summed E-state index contributed by atoms with van der Waals surface area (Å²) in [5.41, 5.74) is 1.99. The van der Waals surface area contributed by atoms with E-state index >= 15 is 0 Å². The summed E-state index contributed by atoms with van der Waals surface area (Å²) < 4.78 is 25.5. The second kappa shape index (κ2) is 7.58. The van der Waals surface area contributed by atoms with Gasteiger partial charge in [-0.1, -0.05) is 12.1 Å². The molecule has 0 fully saturated rings. The predicted octanol–water partition coefficient (Wildman–Crippen LogP) is 1.96. The van der Waals surface area contributed by atoms with E-state index in [1.807, 2.05) is 18.4 Å². The lowest BCUT2D eigenvalue weighted by Gasteiger charge is -2.08. The fraction of sp³-hybridized carbons (Fsp3) is 0.267. The third-order valence-corrected chi connectivity index (χ3v) is 5.79. The first-order valence-electron chi connectivity index (χ1n) is 6.99. The summed E-state index contributed by atoms with van der Waals surface area (Å²) in [5.74, 6) is 0. The van der Waals surface area contributed by atoms with Gasteiger partial charge in [-0.3, -0.25) is 0 Å². The van der Waals surface area contributed by atoms with Crippen LogP contribution in [0.3, 0.4) is 0 Å². The predicted molar refractivity (Wildman–Crippen MR) is 90.8 cm³/mol. The Morgan fingerprint density at radius 2 is 1.74 bits per heavy atom. The molecule has 3 N–H and O–H groups in total. The van der Waals surface area contributed by atoms with Crippen LogP contribution in [-0.4, -0.2) is 21.5 Å². The normalized spacial score (nSPS) is 11.2. The number of carbonyl (C=O) groups excluding carboxylic acids is 1. The van der Waals surface area contributed by atoms with Crippen molar-refractivity contribution in [2.24, 2.45) is 0 Å². The highest BCUT2D eigenvalue weighted by atomic mass is 32.2.